The molecular formula is C25H22F3N7O2. The minimum atomic E-state index is -4.52. The third-order valence-electron chi connectivity index (χ3n) is 7.29. The number of nitrogen functional groups attached to an aromatic ring is 1. The highest BCUT2D eigenvalue weighted by atomic mass is 19.4. The predicted octanol–water partition coefficient (Wildman–Crippen LogP) is 3.69. The first-order chi connectivity index (χ1) is 17.6. The van der Waals surface area contributed by atoms with Crippen molar-refractivity contribution in [2.45, 2.75) is 32.0 Å². The van der Waals surface area contributed by atoms with Crippen molar-refractivity contribution in [2.24, 2.45) is 12.5 Å². The number of aryl methyl sites for hydroxylation is 1. The highest BCUT2D eigenvalue weighted by Crippen LogP contribution is 2.54. The number of carbonyl (C=O) groups excluding carboxylic acids is 2. The van der Waals surface area contributed by atoms with Crippen LogP contribution in [0.1, 0.15) is 40.9 Å². The second kappa shape index (κ2) is 7.89. The first-order valence-corrected chi connectivity index (χ1v) is 11.7. The molecule has 37 heavy (non-hydrogen) atoms. The van der Waals surface area contributed by atoms with Crippen LogP contribution in [0.3, 0.4) is 0 Å². The van der Waals surface area contributed by atoms with Gasteiger partial charge >= 0.3 is 6.18 Å². The van der Waals surface area contributed by atoms with Crippen LogP contribution < -0.4 is 5.73 Å². The van der Waals surface area contributed by atoms with Gasteiger partial charge in [-0.05, 0) is 49.6 Å². The molecule has 6 rings (SSSR count). The van der Waals surface area contributed by atoms with E-state index in [1.807, 2.05) is 0 Å². The highest BCUT2D eigenvalue weighted by molar-refractivity contribution is 6.10. The lowest BCUT2D eigenvalue weighted by molar-refractivity contribution is -0.144. The van der Waals surface area contributed by atoms with Gasteiger partial charge in [-0.25, -0.2) is 9.99 Å². The normalized spacial score (nSPS) is 16.8. The first kappa shape index (κ1) is 23.2. The fourth-order valence-electron chi connectivity index (χ4n) is 4.99. The summed E-state index contributed by atoms with van der Waals surface area (Å²) < 4.78 is 40.7. The van der Waals surface area contributed by atoms with Crippen molar-refractivity contribution < 1.29 is 22.8 Å². The molecule has 3 aromatic heterocycles. The van der Waals surface area contributed by atoms with Gasteiger partial charge in [0.15, 0.2) is 0 Å². The summed E-state index contributed by atoms with van der Waals surface area (Å²) in [5.41, 5.74) is 6.57. The fourth-order valence-corrected chi connectivity index (χ4v) is 4.99. The third kappa shape index (κ3) is 3.74. The minimum absolute atomic E-state index is 0.142. The summed E-state index contributed by atoms with van der Waals surface area (Å²) in [6, 6.07) is 7.09. The Morgan fingerprint density at radius 3 is 2.57 bits per heavy atom. The number of hydrogen-bond donors (Lipinski definition) is 1. The zero-order valence-corrected chi connectivity index (χ0v) is 19.8. The molecule has 2 amide bonds. The molecule has 1 spiro atoms. The standard InChI is InChI=1S/C25H22F3N7O2/c1-33-20-17-10-14(2-5-19(17)32-21(29)18(20)12-31-33)22(36)35(34-9-8-24(6-7-24)23(34)37)13-16-4-3-15(11-30-16)25(26,27)28/h2-5,10-12H,6-9,13H2,1H3,(H2,29,32). The second-order valence-corrected chi connectivity index (χ2v) is 9.62. The summed E-state index contributed by atoms with van der Waals surface area (Å²) in [7, 11) is 1.76. The predicted molar refractivity (Wildman–Crippen MR) is 128 cm³/mol. The molecule has 0 unspecified atom stereocenters. The number of benzene rings is 1. The summed E-state index contributed by atoms with van der Waals surface area (Å²) in [5.74, 6) is -0.291. The Kier molecular flexibility index (Phi) is 4.95. The average Bonchev–Trinajstić information content (AvgIpc) is 3.46. The van der Waals surface area contributed by atoms with Crippen LogP contribution in [-0.4, -0.2) is 48.1 Å². The van der Waals surface area contributed by atoms with Crippen molar-refractivity contribution in [1.29, 1.82) is 0 Å². The van der Waals surface area contributed by atoms with Crippen LogP contribution >= 0.6 is 0 Å². The molecule has 4 aromatic rings. The molecule has 1 saturated carbocycles. The maximum absolute atomic E-state index is 13.9. The number of rotatable bonds is 4. The monoisotopic (exact) mass is 509 g/mol. The largest absolute Gasteiger partial charge is 0.417 e. The number of anilines is 1. The quantitative estimate of drug-likeness (QED) is 0.449. The lowest BCUT2D eigenvalue weighted by atomic mass is 10.1. The zero-order valence-electron chi connectivity index (χ0n) is 19.8. The Morgan fingerprint density at radius 2 is 1.92 bits per heavy atom. The van der Waals surface area contributed by atoms with Crippen LogP contribution in [0.2, 0.25) is 0 Å². The molecule has 1 saturated heterocycles. The summed E-state index contributed by atoms with van der Waals surface area (Å²) in [6.07, 6.45) is -0.0188. The zero-order chi connectivity index (χ0) is 26.1. The molecule has 2 N–H and O–H groups in total. The SMILES string of the molecule is Cn1ncc2c(N)nc3ccc(C(=O)N(Cc4ccc(C(F)(F)F)cn4)N4CCC5(CC5)C4=O)cc3c21. The highest BCUT2D eigenvalue weighted by Gasteiger charge is 2.57. The number of pyridine rings is 2. The third-order valence-corrected chi connectivity index (χ3v) is 7.29. The van der Waals surface area contributed by atoms with Crippen LogP contribution in [-0.2, 0) is 24.6 Å². The molecule has 4 heterocycles. The number of halogens is 3. The van der Waals surface area contributed by atoms with Crippen LogP contribution in [0.15, 0.2) is 42.7 Å². The molecule has 2 fully saturated rings. The van der Waals surface area contributed by atoms with Gasteiger partial charge in [0.2, 0.25) is 5.91 Å². The maximum Gasteiger partial charge on any atom is 0.417 e. The van der Waals surface area contributed by atoms with Gasteiger partial charge in [0.25, 0.3) is 5.91 Å². The van der Waals surface area contributed by atoms with Crippen molar-refractivity contribution >= 4 is 39.4 Å². The molecule has 190 valence electrons. The van der Waals surface area contributed by atoms with E-state index in [4.69, 9.17) is 5.73 Å². The van der Waals surface area contributed by atoms with E-state index in [9.17, 15) is 22.8 Å². The van der Waals surface area contributed by atoms with Gasteiger partial charge in [-0.1, -0.05) is 0 Å². The van der Waals surface area contributed by atoms with Gasteiger partial charge in [0, 0.05) is 30.7 Å². The van der Waals surface area contributed by atoms with E-state index < -0.39 is 23.1 Å². The van der Waals surface area contributed by atoms with E-state index in [-0.39, 0.29) is 23.7 Å². The molecule has 0 atom stereocenters. The van der Waals surface area contributed by atoms with Gasteiger partial charge < -0.3 is 5.73 Å². The maximum atomic E-state index is 13.9. The van der Waals surface area contributed by atoms with E-state index in [0.29, 0.717) is 40.6 Å². The van der Waals surface area contributed by atoms with E-state index >= 15 is 0 Å². The van der Waals surface area contributed by atoms with E-state index in [1.54, 1.807) is 36.1 Å². The fraction of sp³-hybridized carbons (Fsp3) is 0.320. The summed E-state index contributed by atoms with van der Waals surface area (Å²) in [4.78, 5) is 35.4. The number of fused-ring (bicyclic) bond motifs is 3. The summed E-state index contributed by atoms with van der Waals surface area (Å²) in [6.45, 7) is 0.195. The number of hydrazine groups is 1. The molecule has 1 aliphatic heterocycles. The van der Waals surface area contributed by atoms with Crippen molar-refractivity contribution in [2.75, 3.05) is 12.3 Å². The molecule has 0 radical (unpaired) electrons. The number of hydrogen-bond acceptors (Lipinski definition) is 6. The number of amides is 2. The number of aromatic nitrogens is 4. The van der Waals surface area contributed by atoms with Gasteiger partial charge in [0.1, 0.15) is 5.82 Å². The van der Waals surface area contributed by atoms with E-state index in [2.05, 4.69) is 15.1 Å². The van der Waals surface area contributed by atoms with Gasteiger partial charge in [-0.2, -0.15) is 18.3 Å². The Hall–Kier alpha value is -4.22. The number of alkyl halides is 3. The van der Waals surface area contributed by atoms with Crippen LogP contribution in [0, 0.1) is 5.41 Å². The van der Waals surface area contributed by atoms with E-state index in [0.717, 1.165) is 25.1 Å². The molecular weight excluding hydrogens is 487 g/mol. The molecule has 1 aliphatic carbocycles. The Morgan fingerprint density at radius 1 is 1.14 bits per heavy atom. The number of nitrogens with two attached hydrogens (primary N) is 1. The first-order valence-electron chi connectivity index (χ1n) is 11.7. The van der Waals surface area contributed by atoms with Crippen LogP contribution in [0.25, 0.3) is 21.8 Å². The van der Waals surface area contributed by atoms with Crippen LogP contribution in [0.4, 0.5) is 19.0 Å². The van der Waals surface area contributed by atoms with Crippen molar-refractivity contribution in [1.82, 2.24) is 29.8 Å². The average molecular weight is 509 g/mol. The molecule has 12 heteroatoms. The Balaban J connectivity index is 1.40. The number of carbonyl (C=O) groups is 2. The smallest absolute Gasteiger partial charge is 0.383 e. The Labute approximate surface area is 208 Å². The van der Waals surface area contributed by atoms with E-state index in [1.165, 1.54) is 16.1 Å². The number of nitrogens with zero attached hydrogens (tertiary/aromatic N) is 6. The van der Waals surface area contributed by atoms with Gasteiger partial charge in [0.05, 0.1) is 45.8 Å². The van der Waals surface area contributed by atoms with Gasteiger partial charge in [-0.3, -0.25) is 24.3 Å². The van der Waals surface area contributed by atoms with Crippen molar-refractivity contribution in [3.8, 4) is 0 Å². The molecule has 1 aromatic carbocycles. The molecule has 0 bridgehead atoms. The summed E-state index contributed by atoms with van der Waals surface area (Å²) >= 11 is 0. The topological polar surface area (TPSA) is 110 Å². The molecule has 9 nitrogen and oxygen atoms in total. The Bertz CT molecular complexity index is 1580. The van der Waals surface area contributed by atoms with Crippen molar-refractivity contribution in [3.05, 3.63) is 59.5 Å². The van der Waals surface area contributed by atoms with Crippen LogP contribution in [0.5, 0.6) is 0 Å². The molecule has 2 aliphatic rings. The van der Waals surface area contributed by atoms with Gasteiger partial charge in [-0.15, -0.1) is 0 Å². The van der Waals surface area contributed by atoms with Crippen molar-refractivity contribution in [3.63, 3.8) is 0 Å². The lowest BCUT2D eigenvalue weighted by Gasteiger charge is -2.32. The summed E-state index contributed by atoms with van der Waals surface area (Å²) in [5, 5.41) is 8.27. The minimum Gasteiger partial charge on any atom is -0.383 e. The lowest BCUT2D eigenvalue weighted by Crippen LogP contribution is -2.47. The second-order valence-electron chi connectivity index (χ2n) is 9.62.